The summed E-state index contributed by atoms with van der Waals surface area (Å²) < 4.78 is 19.0. The lowest BCUT2D eigenvalue weighted by Gasteiger charge is -2.18. The van der Waals surface area contributed by atoms with E-state index in [4.69, 9.17) is 4.74 Å². The molecule has 1 atom stereocenters. The first kappa shape index (κ1) is 24.2. The molecule has 1 amide bonds. The Labute approximate surface area is 204 Å². The van der Waals surface area contributed by atoms with Crippen molar-refractivity contribution in [2.75, 3.05) is 13.2 Å². The van der Waals surface area contributed by atoms with Gasteiger partial charge in [0, 0.05) is 17.1 Å². The minimum Gasteiger partial charge on any atom is -0.493 e. The predicted molar refractivity (Wildman–Crippen MR) is 138 cm³/mol. The van der Waals surface area contributed by atoms with Crippen LogP contribution in [0.25, 0.3) is 23.1 Å². The molecule has 3 aromatic carbocycles. The first-order chi connectivity index (χ1) is 17.1. The maximum Gasteiger partial charge on any atom is 0.255 e. The normalized spacial score (nSPS) is 12.2. The third-order valence-corrected chi connectivity index (χ3v) is 5.75. The maximum atomic E-state index is 13.3. The Bertz CT molecular complexity index is 1310. The summed E-state index contributed by atoms with van der Waals surface area (Å²) in [5.74, 6) is -0.108. The fourth-order valence-corrected chi connectivity index (χ4v) is 3.92. The van der Waals surface area contributed by atoms with E-state index in [1.807, 2.05) is 55.6 Å². The Hall–Kier alpha value is -3.90. The highest BCUT2D eigenvalue weighted by molar-refractivity contribution is 5.98. The Morgan fingerprint density at radius 1 is 1.09 bits per heavy atom. The summed E-state index contributed by atoms with van der Waals surface area (Å²) in [6.45, 7) is 2.30. The van der Waals surface area contributed by atoms with E-state index in [1.54, 1.807) is 24.3 Å². The summed E-state index contributed by atoms with van der Waals surface area (Å²) in [4.78, 5) is 16.5. The fraction of sp³-hybridized carbons (Fsp3) is 0.207. The summed E-state index contributed by atoms with van der Waals surface area (Å²) in [6, 6.07) is 19.1. The number of carbonyl (C=O) groups excluding carboxylic acids is 1. The monoisotopic (exact) mass is 472 g/mol. The van der Waals surface area contributed by atoms with Gasteiger partial charge in [-0.05, 0) is 59.9 Å². The zero-order valence-corrected chi connectivity index (χ0v) is 19.6. The number of halogens is 1. The molecule has 5 nitrogen and oxygen atoms in total. The van der Waals surface area contributed by atoms with E-state index in [0.717, 1.165) is 34.0 Å². The molecule has 3 N–H and O–H groups in total. The van der Waals surface area contributed by atoms with Crippen LogP contribution in [0, 0.1) is 5.82 Å². The number of para-hydroxylation sites is 1. The summed E-state index contributed by atoms with van der Waals surface area (Å²) in [5, 5.41) is 14.0. The third kappa shape index (κ3) is 6.16. The van der Waals surface area contributed by atoms with Crippen LogP contribution < -0.4 is 10.1 Å². The van der Waals surface area contributed by atoms with Gasteiger partial charge in [-0.15, -0.1) is 0 Å². The fourth-order valence-electron chi connectivity index (χ4n) is 3.92. The topological polar surface area (TPSA) is 74.3 Å². The van der Waals surface area contributed by atoms with E-state index in [9.17, 15) is 14.3 Å². The van der Waals surface area contributed by atoms with Crippen molar-refractivity contribution in [3.8, 4) is 5.75 Å². The molecule has 0 spiro atoms. The summed E-state index contributed by atoms with van der Waals surface area (Å²) in [6.07, 6.45) is 6.93. The van der Waals surface area contributed by atoms with Gasteiger partial charge in [0.15, 0.2) is 0 Å². The van der Waals surface area contributed by atoms with Crippen LogP contribution >= 0.6 is 0 Å². The van der Waals surface area contributed by atoms with E-state index >= 15 is 0 Å². The molecule has 0 fully saturated rings. The minimum absolute atomic E-state index is 0.194. The zero-order chi connectivity index (χ0) is 24.6. The molecule has 4 aromatic rings. The van der Waals surface area contributed by atoms with Crippen LogP contribution in [0.2, 0.25) is 0 Å². The van der Waals surface area contributed by atoms with Crippen LogP contribution in [0.3, 0.4) is 0 Å². The third-order valence-electron chi connectivity index (χ3n) is 5.75. The van der Waals surface area contributed by atoms with Crippen molar-refractivity contribution in [3.63, 3.8) is 0 Å². The number of ether oxygens (including phenoxy) is 1. The van der Waals surface area contributed by atoms with Crippen LogP contribution in [0.15, 0.2) is 72.9 Å². The van der Waals surface area contributed by atoms with Crippen molar-refractivity contribution in [3.05, 3.63) is 101 Å². The second-order valence-electron chi connectivity index (χ2n) is 8.41. The van der Waals surface area contributed by atoms with Crippen molar-refractivity contribution >= 4 is 29.0 Å². The van der Waals surface area contributed by atoms with Crippen LogP contribution in [0.4, 0.5) is 4.39 Å². The molecule has 0 aliphatic rings. The number of aliphatic hydroxyl groups is 1. The molecule has 0 bridgehead atoms. The quantitative estimate of drug-likeness (QED) is 0.263. The van der Waals surface area contributed by atoms with E-state index in [1.165, 1.54) is 12.1 Å². The van der Waals surface area contributed by atoms with Gasteiger partial charge in [0.25, 0.3) is 5.91 Å². The molecule has 0 saturated heterocycles. The number of aliphatic hydroxyl groups excluding tert-OH is 1. The van der Waals surface area contributed by atoms with Crippen LogP contribution in [-0.2, 0) is 6.42 Å². The number of amides is 1. The lowest BCUT2D eigenvalue weighted by Crippen LogP contribution is -2.39. The Morgan fingerprint density at radius 2 is 1.83 bits per heavy atom. The lowest BCUT2D eigenvalue weighted by atomic mass is 10.0. The van der Waals surface area contributed by atoms with Gasteiger partial charge in [-0.1, -0.05) is 55.5 Å². The number of nitrogens with one attached hydrogen (secondary N) is 2. The number of aromatic amines is 1. The lowest BCUT2D eigenvalue weighted by molar-refractivity contribution is 0.0912. The summed E-state index contributed by atoms with van der Waals surface area (Å²) >= 11 is 0. The molecule has 0 radical (unpaired) electrons. The zero-order valence-electron chi connectivity index (χ0n) is 19.6. The number of rotatable bonds is 10. The van der Waals surface area contributed by atoms with Crippen molar-refractivity contribution < 1.29 is 19.0 Å². The van der Waals surface area contributed by atoms with Gasteiger partial charge in [-0.25, -0.2) is 4.39 Å². The molecule has 0 aliphatic heterocycles. The first-order valence-corrected chi connectivity index (χ1v) is 11.7. The molecule has 35 heavy (non-hydrogen) atoms. The Kier molecular flexibility index (Phi) is 7.95. The summed E-state index contributed by atoms with van der Waals surface area (Å²) in [5.41, 5.74) is 4.10. The molecule has 1 aromatic heterocycles. The Morgan fingerprint density at radius 3 is 2.60 bits per heavy atom. The number of H-pyrrole nitrogens is 1. The van der Waals surface area contributed by atoms with Crippen LogP contribution in [-0.4, -0.2) is 35.3 Å². The van der Waals surface area contributed by atoms with Gasteiger partial charge < -0.3 is 20.1 Å². The predicted octanol–water partition coefficient (Wildman–Crippen LogP) is 5.60. The van der Waals surface area contributed by atoms with E-state index < -0.39 is 6.04 Å². The minimum atomic E-state index is -0.459. The number of fused-ring (bicyclic) bond motifs is 1. The molecular weight excluding hydrogens is 443 g/mol. The highest BCUT2D eigenvalue weighted by atomic mass is 19.1. The van der Waals surface area contributed by atoms with E-state index in [2.05, 4.69) is 10.3 Å². The number of hydrogen-bond acceptors (Lipinski definition) is 3. The average Bonchev–Trinajstić information content (AvgIpc) is 3.29. The van der Waals surface area contributed by atoms with Crippen LogP contribution in [0.1, 0.15) is 40.4 Å². The van der Waals surface area contributed by atoms with E-state index in [0.29, 0.717) is 24.3 Å². The van der Waals surface area contributed by atoms with Gasteiger partial charge in [-0.2, -0.15) is 0 Å². The molecular formula is C29H29FN2O3. The number of carbonyl (C=O) groups is 1. The van der Waals surface area contributed by atoms with Crippen molar-refractivity contribution in [1.29, 1.82) is 0 Å². The number of aromatic nitrogens is 1. The standard InChI is InChI=1S/C29H29FN2O3/c1-2-15-35-28-14-11-21(8-7-20-9-12-23(30)13-10-20)16-26(28)29(34)32-24(19-33)17-22-18-31-27-6-4-3-5-25(22)27/h3-14,16,18,24,31,33H,2,15,17,19H2,1H3,(H,32,34)/t24-/m1/s1. The molecule has 180 valence electrons. The van der Waals surface area contributed by atoms with Gasteiger partial charge >= 0.3 is 0 Å². The highest BCUT2D eigenvalue weighted by Gasteiger charge is 2.19. The Balaban J connectivity index is 1.54. The van der Waals surface area contributed by atoms with Crippen molar-refractivity contribution in [2.24, 2.45) is 0 Å². The molecule has 6 heteroatoms. The molecule has 0 unspecified atom stereocenters. The SMILES string of the molecule is CCCOc1ccc(C=Cc2ccc(F)cc2)cc1C(=O)N[C@@H](CO)Cc1c[nH]c2ccccc12. The van der Waals surface area contributed by atoms with Gasteiger partial charge in [0.1, 0.15) is 11.6 Å². The van der Waals surface area contributed by atoms with Crippen molar-refractivity contribution in [1.82, 2.24) is 10.3 Å². The summed E-state index contributed by atoms with van der Waals surface area (Å²) in [7, 11) is 0. The van der Waals surface area contributed by atoms with E-state index in [-0.39, 0.29) is 18.3 Å². The second-order valence-corrected chi connectivity index (χ2v) is 8.41. The van der Waals surface area contributed by atoms with Crippen molar-refractivity contribution in [2.45, 2.75) is 25.8 Å². The number of benzene rings is 3. The molecule has 0 saturated carbocycles. The first-order valence-electron chi connectivity index (χ1n) is 11.7. The second kappa shape index (κ2) is 11.5. The highest BCUT2D eigenvalue weighted by Crippen LogP contribution is 2.23. The number of hydrogen-bond donors (Lipinski definition) is 3. The largest absolute Gasteiger partial charge is 0.493 e. The van der Waals surface area contributed by atoms with Crippen LogP contribution in [0.5, 0.6) is 5.75 Å². The van der Waals surface area contributed by atoms with Gasteiger partial charge in [0.2, 0.25) is 0 Å². The molecule has 0 aliphatic carbocycles. The van der Waals surface area contributed by atoms with Gasteiger partial charge in [-0.3, -0.25) is 4.79 Å². The average molecular weight is 473 g/mol. The smallest absolute Gasteiger partial charge is 0.255 e. The molecule has 1 heterocycles. The maximum absolute atomic E-state index is 13.3. The van der Waals surface area contributed by atoms with Gasteiger partial charge in [0.05, 0.1) is 24.8 Å². The molecule has 4 rings (SSSR count).